The van der Waals surface area contributed by atoms with Crippen LogP contribution in [0.3, 0.4) is 0 Å². The molecule has 0 aliphatic carbocycles. The lowest BCUT2D eigenvalue weighted by Gasteiger charge is -2.20. The zero-order valence-corrected chi connectivity index (χ0v) is 18.2. The van der Waals surface area contributed by atoms with E-state index in [-0.39, 0.29) is 11.7 Å². The highest BCUT2D eigenvalue weighted by Crippen LogP contribution is 2.32. The summed E-state index contributed by atoms with van der Waals surface area (Å²) >= 11 is 3.02. The number of halogens is 1. The van der Waals surface area contributed by atoms with Crippen LogP contribution in [0.2, 0.25) is 0 Å². The Morgan fingerprint density at radius 2 is 1.93 bits per heavy atom. The molecule has 0 fully saturated rings. The topological polar surface area (TPSA) is 46.1 Å². The summed E-state index contributed by atoms with van der Waals surface area (Å²) < 4.78 is 14.4. The predicted molar refractivity (Wildman–Crippen MR) is 122 cm³/mol. The second-order valence-corrected chi connectivity index (χ2v) is 9.71. The number of rotatable bonds is 6. The third-order valence-corrected chi connectivity index (χ3v) is 6.40. The number of aromatic nitrogens is 2. The second-order valence-electron chi connectivity index (χ2n) is 7.05. The number of amides is 1. The molecule has 4 rings (SSSR count). The van der Waals surface area contributed by atoms with Crippen LogP contribution in [0.1, 0.15) is 29.8 Å². The van der Waals surface area contributed by atoms with Crippen molar-refractivity contribution in [3.05, 3.63) is 83.9 Å². The minimum absolute atomic E-state index is 0.141. The molecule has 0 N–H and O–H groups in total. The van der Waals surface area contributed by atoms with E-state index < -0.39 is 0 Å². The molecule has 0 atom stereocenters. The number of hydrogen-bond donors (Lipinski definition) is 0. The average molecular weight is 438 g/mol. The first-order chi connectivity index (χ1) is 14.5. The van der Waals surface area contributed by atoms with Crippen molar-refractivity contribution in [2.45, 2.75) is 30.5 Å². The third kappa shape index (κ3) is 4.68. The molecular weight excluding hydrogens is 417 g/mol. The van der Waals surface area contributed by atoms with Crippen molar-refractivity contribution in [1.29, 1.82) is 0 Å². The molecular formula is C23H20FN3OS2. The summed E-state index contributed by atoms with van der Waals surface area (Å²) in [7, 11) is 0. The molecule has 30 heavy (non-hydrogen) atoms. The molecule has 2 aromatic heterocycles. The van der Waals surface area contributed by atoms with Crippen LogP contribution in [0, 0.1) is 5.82 Å². The molecule has 152 valence electrons. The van der Waals surface area contributed by atoms with Crippen molar-refractivity contribution in [3.63, 3.8) is 0 Å². The van der Waals surface area contributed by atoms with Gasteiger partial charge in [-0.1, -0.05) is 31.3 Å². The number of nitrogens with zero attached hydrogens (tertiary/aromatic N) is 3. The van der Waals surface area contributed by atoms with Crippen molar-refractivity contribution in [2.75, 3.05) is 4.90 Å². The minimum atomic E-state index is -0.317. The summed E-state index contributed by atoms with van der Waals surface area (Å²) in [6.45, 7) is 4.59. The van der Waals surface area contributed by atoms with E-state index in [1.807, 2.05) is 36.4 Å². The third-order valence-electron chi connectivity index (χ3n) is 4.36. The van der Waals surface area contributed by atoms with Gasteiger partial charge in [-0.3, -0.25) is 14.7 Å². The molecule has 0 saturated heterocycles. The molecule has 0 aliphatic heterocycles. The highest BCUT2D eigenvalue weighted by Gasteiger charge is 2.22. The van der Waals surface area contributed by atoms with Crippen LogP contribution < -0.4 is 4.90 Å². The number of benzene rings is 2. The summed E-state index contributed by atoms with van der Waals surface area (Å²) in [5.74, 6) is -0.458. The molecule has 1 amide bonds. The second kappa shape index (κ2) is 8.93. The van der Waals surface area contributed by atoms with Crippen LogP contribution in [0.15, 0.2) is 71.9 Å². The van der Waals surface area contributed by atoms with Crippen LogP contribution in [-0.4, -0.2) is 21.1 Å². The van der Waals surface area contributed by atoms with E-state index >= 15 is 0 Å². The molecule has 0 unspecified atom stereocenters. The van der Waals surface area contributed by atoms with E-state index in [4.69, 9.17) is 0 Å². The van der Waals surface area contributed by atoms with Gasteiger partial charge >= 0.3 is 0 Å². The lowest BCUT2D eigenvalue weighted by molar-refractivity contribution is 0.0985. The standard InChI is InChI=1S/C23H20FN3OS2/c1-15(2)29-19-5-3-4-17(12-19)22(28)27(14-16-8-10-25-11-9-16)23-26-20-7-6-18(24)13-21(20)30-23/h3-13,15H,14H2,1-2H3. The normalized spacial score (nSPS) is 11.2. The van der Waals surface area contributed by atoms with Crippen molar-refractivity contribution in [1.82, 2.24) is 9.97 Å². The van der Waals surface area contributed by atoms with E-state index in [2.05, 4.69) is 23.8 Å². The lowest BCUT2D eigenvalue weighted by Crippen LogP contribution is -2.30. The number of carbonyl (C=O) groups is 1. The molecule has 2 heterocycles. The number of anilines is 1. The van der Waals surface area contributed by atoms with Crippen LogP contribution in [0.4, 0.5) is 9.52 Å². The van der Waals surface area contributed by atoms with Gasteiger partial charge in [-0.25, -0.2) is 9.37 Å². The summed E-state index contributed by atoms with van der Waals surface area (Å²) in [6, 6.07) is 15.9. The average Bonchev–Trinajstić information content (AvgIpc) is 3.15. The molecule has 0 radical (unpaired) electrons. The quantitative estimate of drug-likeness (QED) is 0.338. The summed E-state index contributed by atoms with van der Waals surface area (Å²) in [4.78, 5) is 24.9. The van der Waals surface area contributed by atoms with Gasteiger partial charge in [0.1, 0.15) is 5.82 Å². The Hall–Kier alpha value is -2.77. The van der Waals surface area contributed by atoms with Crippen LogP contribution in [0.25, 0.3) is 10.2 Å². The molecule has 4 nitrogen and oxygen atoms in total. The molecule has 7 heteroatoms. The largest absolute Gasteiger partial charge is 0.279 e. The van der Waals surface area contributed by atoms with Gasteiger partial charge in [0, 0.05) is 28.1 Å². The Bertz CT molecular complexity index is 1180. The number of fused-ring (bicyclic) bond motifs is 1. The highest BCUT2D eigenvalue weighted by molar-refractivity contribution is 7.99. The fourth-order valence-electron chi connectivity index (χ4n) is 3.03. The fourth-order valence-corrected chi connectivity index (χ4v) is 4.91. The number of carbonyl (C=O) groups excluding carboxylic acids is 1. The van der Waals surface area contributed by atoms with Crippen molar-refractivity contribution >= 4 is 44.4 Å². The van der Waals surface area contributed by atoms with Gasteiger partial charge in [-0.15, -0.1) is 11.8 Å². The first-order valence-corrected chi connectivity index (χ1v) is 11.2. The number of hydrogen-bond acceptors (Lipinski definition) is 5. The first kappa shape index (κ1) is 20.5. The maximum Gasteiger partial charge on any atom is 0.260 e. The number of thiazole rings is 1. The molecule has 0 saturated carbocycles. The zero-order valence-electron chi connectivity index (χ0n) is 16.6. The lowest BCUT2D eigenvalue weighted by atomic mass is 10.2. The van der Waals surface area contributed by atoms with Gasteiger partial charge in [0.2, 0.25) is 0 Å². The molecule has 0 aliphatic rings. The van der Waals surface area contributed by atoms with Gasteiger partial charge < -0.3 is 0 Å². The van der Waals surface area contributed by atoms with Crippen LogP contribution >= 0.6 is 23.1 Å². The Morgan fingerprint density at radius 3 is 2.70 bits per heavy atom. The number of thioether (sulfide) groups is 1. The first-order valence-electron chi connectivity index (χ1n) is 9.53. The summed E-state index contributed by atoms with van der Waals surface area (Å²) in [5.41, 5.74) is 2.21. The minimum Gasteiger partial charge on any atom is -0.279 e. The monoisotopic (exact) mass is 437 g/mol. The van der Waals surface area contributed by atoms with E-state index in [1.165, 1.54) is 23.5 Å². The van der Waals surface area contributed by atoms with Gasteiger partial charge in [-0.05, 0) is 54.1 Å². The maximum absolute atomic E-state index is 13.7. The Balaban J connectivity index is 1.73. The predicted octanol–water partition coefficient (Wildman–Crippen LogP) is 6.18. The fraction of sp³-hybridized carbons (Fsp3) is 0.174. The van der Waals surface area contributed by atoms with Crippen molar-refractivity contribution in [3.8, 4) is 0 Å². The van der Waals surface area contributed by atoms with Gasteiger partial charge in [0.15, 0.2) is 5.13 Å². The maximum atomic E-state index is 13.7. The summed E-state index contributed by atoms with van der Waals surface area (Å²) in [6.07, 6.45) is 3.40. The van der Waals surface area contributed by atoms with Gasteiger partial charge in [-0.2, -0.15) is 0 Å². The van der Waals surface area contributed by atoms with Crippen molar-refractivity contribution < 1.29 is 9.18 Å². The van der Waals surface area contributed by atoms with Crippen molar-refractivity contribution in [2.24, 2.45) is 0 Å². The zero-order chi connectivity index (χ0) is 21.1. The Labute approximate surface area is 182 Å². The Kier molecular flexibility index (Phi) is 6.11. The summed E-state index contributed by atoms with van der Waals surface area (Å²) in [5, 5.41) is 0.960. The number of pyridine rings is 1. The molecule has 0 bridgehead atoms. The van der Waals surface area contributed by atoms with Crippen LogP contribution in [-0.2, 0) is 6.54 Å². The van der Waals surface area contributed by atoms with E-state index in [9.17, 15) is 9.18 Å². The van der Waals surface area contributed by atoms with E-state index in [0.29, 0.717) is 32.7 Å². The molecule has 2 aromatic carbocycles. The van der Waals surface area contributed by atoms with Gasteiger partial charge in [0.25, 0.3) is 5.91 Å². The highest BCUT2D eigenvalue weighted by atomic mass is 32.2. The Morgan fingerprint density at radius 1 is 1.13 bits per heavy atom. The van der Waals surface area contributed by atoms with E-state index in [1.54, 1.807) is 35.1 Å². The van der Waals surface area contributed by atoms with Crippen LogP contribution in [0.5, 0.6) is 0 Å². The smallest absolute Gasteiger partial charge is 0.260 e. The van der Waals surface area contributed by atoms with Gasteiger partial charge in [0.05, 0.1) is 16.8 Å². The molecule has 4 aromatic rings. The molecule has 0 spiro atoms. The SMILES string of the molecule is CC(C)Sc1cccc(C(=O)N(Cc2ccncc2)c2nc3ccc(F)cc3s2)c1. The van der Waals surface area contributed by atoms with E-state index in [0.717, 1.165) is 10.5 Å².